The maximum absolute atomic E-state index is 12.7. The summed E-state index contributed by atoms with van der Waals surface area (Å²) in [6.07, 6.45) is 7.79. The molecule has 6 rings (SSSR count). The van der Waals surface area contributed by atoms with Crippen LogP contribution in [0.2, 0.25) is 0 Å². The first-order valence-electron chi connectivity index (χ1n) is 9.12. The van der Waals surface area contributed by atoms with E-state index in [1.807, 2.05) is 0 Å². The zero-order valence-corrected chi connectivity index (χ0v) is 15.5. The quantitative estimate of drug-likeness (QED) is 0.580. The molecule has 5 aliphatic heterocycles. The molecule has 0 aromatic heterocycles. The SMILES string of the molecule is CC12C=C(CNC(=O)C(O)C(O)C(=O)N3CCCC3C3=CCC1C=C3)S2. The number of hydrogen-bond donors (Lipinski definition) is 3. The van der Waals surface area contributed by atoms with Crippen molar-refractivity contribution < 1.29 is 19.8 Å². The smallest absolute Gasteiger partial charge is 0.255 e. The summed E-state index contributed by atoms with van der Waals surface area (Å²) in [6, 6.07) is -0.0947. The minimum absolute atomic E-state index is 0.00207. The molecule has 1 fully saturated rings. The topological polar surface area (TPSA) is 89.9 Å². The van der Waals surface area contributed by atoms with Gasteiger partial charge >= 0.3 is 0 Å². The summed E-state index contributed by atoms with van der Waals surface area (Å²) >= 11 is 1.73. The lowest BCUT2D eigenvalue weighted by molar-refractivity contribution is -0.153. The number of allylic oxidation sites excluding steroid dienone is 2. The van der Waals surface area contributed by atoms with E-state index >= 15 is 0 Å². The molecule has 4 bridgehead atoms. The summed E-state index contributed by atoms with van der Waals surface area (Å²) in [6.45, 7) is 3.03. The van der Waals surface area contributed by atoms with E-state index in [4.69, 9.17) is 0 Å². The van der Waals surface area contributed by atoms with Gasteiger partial charge in [0.15, 0.2) is 12.2 Å². The molecule has 6 aliphatic rings. The van der Waals surface area contributed by atoms with E-state index in [1.54, 1.807) is 16.7 Å². The van der Waals surface area contributed by atoms with Crippen LogP contribution in [0.4, 0.5) is 0 Å². The van der Waals surface area contributed by atoms with Gasteiger partial charge in [-0.1, -0.05) is 24.3 Å². The lowest BCUT2D eigenvalue weighted by Crippen LogP contribution is -2.52. The van der Waals surface area contributed by atoms with Gasteiger partial charge in [0.1, 0.15) is 0 Å². The summed E-state index contributed by atoms with van der Waals surface area (Å²) in [7, 11) is 0. The van der Waals surface area contributed by atoms with Crippen LogP contribution < -0.4 is 5.32 Å². The Bertz CT molecular complexity index is 731. The molecule has 140 valence electrons. The molecule has 0 spiro atoms. The number of carbonyl (C=O) groups excluding carboxylic acids is 2. The van der Waals surface area contributed by atoms with E-state index < -0.39 is 24.0 Å². The Balaban J connectivity index is 1.65. The van der Waals surface area contributed by atoms with Gasteiger partial charge in [-0.15, -0.1) is 11.8 Å². The van der Waals surface area contributed by atoms with Crippen LogP contribution in [0.25, 0.3) is 0 Å². The second-order valence-corrected chi connectivity index (χ2v) is 9.21. The molecule has 6 nitrogen and oxygen atoms in total. The number of nitrogens with zero attached hydrogens (tertiary/aromatic N) is 1. The predicted molar refractivity (Wildman–Crippen MR) is 99.2 cm³/mol. The number of rotatable bonds is 0. The van der Waals surface area contributed by atoms with E-state index in [0.717, 1.165) is 29.7 Å². The standard InChI is InChI=1S/C19H24N2O4S/c1-19-9-13(26-19)10-20-17(24)15(22)16(23)18(25)21-8-2-3-14(21)11-4-6-12(19)7-5-11/h4-6,9,12,14-16,22-23H,2-3,7-8,10H2,1H3,(H,20,24). The van der Waals surface area contributed by atoms with Gasteiger partial charge in [-0.3, -0.25) is 9.59 Å². The maximum atomic E-state index is 12.7. The van der Waals surface area contributed by atoms with Gasteiger partial charge < -0.3 is 20.4 Å². The van der Waals surface area contributed by atoms with Gasteiger partial charge in [0.25, 0.3) is 11.8 Å². The monoisotopic (exact) mass is 376 g/mol. The predicted octanol–water partition coefficient (Wildman–Crippen LogP) is 0.721. The molecule has 3 N–H and O–H groups in total. The molecule has 0 radical (unpaired) electrons. The summed E-state index contributed by atoms with van der Waals surface area (Å²) in [5.74, 6) is -0.916. The van der Waals surface area contributed by atoms with Crippen LogP contribution >= 0.6 is 11.8 Å². The van der Waals surface area contributed by atoms with E-state index in [9.17, 15) is 19.8 Å². The third kappa shape index (κ3) is 2.92. The molecule has 0 aromatic rings. The number of aliphatic hydroxyl groups excluding tert-OH is 2. The summed E-state index contributed by atoms with van der Waals surface area (Å²) in [4.78, 5) is 27.5. The van der Waals surface area contributed by atoms with Crippen LogP contribution in [0.3, 0.4) is 0 Å². The van der Waals surface area contributed by atoms with Crippen molar-refractivity contribution in [2.75, 3.05) is 13.1 Å². The van der Waals surface area contributed by atoms with Crippen molar-refractivity contribution in [2.45, 2.75) is 49.2 Å². The molecule has 0 aromatic carbocycles. The lowest BCUT2D eigenvalue weighted by Gasteiger charge is -2.42. The van der Waals surface area contributed by atoms with Gasteiger partial charge in [0.2, 0.25) is 0 Å². The second kappa shape index (κ2) is 6.55. The molecule has 5 heterocycles. The molecule has 7 heteroatoms. The largest absolute Gasteiger partial charge is 0.380 e. The summed E-state index contributed by atoms with van der Waals surface area (Å²) in [5.41, 5.74) is 1.09. The number of thioether (sulfide) groups is 1. The van der Waals surface area contributed by atoms with Crippen LogP contribution in [0.1, 0.15) is 26.2 Å². The molecule has 5 unspecified atom stereocenters. The molecular weight excluding hydrogens is 352 g/mol. The third-order valence-electron chi connectivity index (χ3n) is 5.84. The van der Waals surface area contributed by atoms with Crippen molar-refractivity contribution >= 4 is 23.6 Å². The van der Waals surface area contributed by atoms with Gasteiger partial charge in [-0.25, -0.2) is 0 Å². The van der Waals surface area contributed by atoms with E-state index in [2.05, 4.69) is 36.5 Å². The fraction of sp³-hybridized carbons (Fsp3) is 0.579. The molecule has 1 saturated heterocycles. The fourth-order valence-corrected chi connectivity index (χ4v) is 5.64. The highest BCUT2D eigenvalue weighted by Crippen LogP contribution is 2.51. The average Bonchev–Trinajstić information content (AvgIpc) is 3.11. The highest BCUT2D eigenvalue weighted by atomic mass is 32.2. The second-order valence-electron chi connectivity index (χ2n) is 7.60. The van der Waals surface area contributed by atoms with E-state index in [0.29, 0.717) is 19.0 Å². The van der Waals surface area contributed by atoms with E-state index in [-0.39, 0.29) is 10.8 Å². The molecular formula is C19H24N2O4S. The normalized spacial score (nSPS) is 40.0. The molecule has 1 aliphatic carbocycles. The van der Waals surface area contributed by atoms with Crippen LogP contribution in [0, 0.1) is 5.92 Å². The number of amides is 2. The highest BCUT2D eigenvalue weighted by Gasteiger charge is 2.43. The summed E-state index contributed by atoms with van der Waals surface area (Å²) in [5, 5.41) is 23.0. The maximum Gasteiger partial charge on any atom is 0.255 e. The molecule has 5 atom stereocenters. The zero-order valence-electron chi connectivity index (χ0n) is 14.7. The number of nitrogens with one attached hydrogen (secondary N) is 1. The van der Waals surface area contributed by atoms with Crippen molar-refractivity contribution in [3.8, 4) is 0 Å². The molecule has 0 saturated carbocycles. The Labute approximate surface area is 157 Å². The van der Waals surface area contributed by atoms with Crippen LogP contribution in [0.5, 0.6) is 0 Å². The Morgan fingerprint density at radius 3 is 2.77 bits per heavy atom. The van der Waals surface area contributed by atoms with Crippen LogP contribution in [-0.4, -0.2) is 63.0 Å². The van der Waals surface area contributed by atoms with Crippen molar-refractivity contribution in [1.29, 1.82) is 0 Å². The van der Waals surface area contributed by atoms with Gasteiger partial charge in [0.05, 0.1) is 6.04 Å². The van der Waals surface area contributed by atoms with Gasteiger partial charge in [0, 0.05) is 22.7 Å². The molecule has 2 amide bonds. The van der Waals surface area contributed by atoms with Crippen LogP contribution in [0.15, 0.2) is 34.8 Å². The minimum Gasteiger partial charge on any atom is -0.380 e. The van der Waals surface area contributed by atoms with Gasteiger partial charge in [-0.05, 0) is 37.7 Å². The lowest BCUT2D eigenvalue weighted by atomic mass is 9.83. The highest BCUT2D eigenvalue weighted by molar-refractivity contribution is 8.06. The first-order valence-corrected chi connectivity index (χ1v) is 9.94. The first kappa shape index (κ1) is 17.8. The van der Waals surface area contributed by atoms with Crippen molar-refractivity contribution in [2.24, 2.45) is 5.92 Å². The number of aliphatic hydroxyl groups is 2. The number of hydrogen-bond acceptors (Lipinski definition) is 5. The zero-order chi connectivity index (χ0) is 18.5. The van der Waals surface area contributed by atoms with E-state index in [1.165, 1.54) is 0 Å². The third-order valence-corrected chi connectivity index (χ3v) is 7.23. The Hall–Kier alpha value is -1.57. The Morgan fingerprint density at radius 1 is 1.31 bits per heavy atom. The van der Waals surface area contributed by atoms with Crippen molar-refractivity contribution in [3.63, 3.8) is 0 Å². The fourth-order valence-electron chi connectivity index (χ4n) is 4.29. The van der Waals surface area contributed by atoms with Crippen molar-refractivity contribution in [1.82, 2.24) is 10.2 Å². The van der Waals surface area contributed by atoms with Crippen molar-refractivity contribution in [3.05, 3.63) is 34.8 Å². The number of carbonyl (C=O) groups is 2. The van der Waals surface area contributed by atoms with Crippen LogP contribution in [-0.2, 0) is 9.59 Å². The summed E-state index contributed by atoms with van der Waals surface area (Å²) < 4.78 is 0.00207. The Kier molecular flexibility index (Phi) is 4.49. The first-order chi connectivity index (χ1) is 12.4. The Morgan fingerprint density at radius 2 is 2.08 bits per heavy atom. The molecule has 26 heavy (non-hydrogen) atoms. The average molecular weight is 376 g/mol. The minimum atomic E-state index is -1.76. The van der Waals surface area contributed by atoms with Gasteiger partial charge in [-0.2, -0.15) is 0 Å².